The maximum absolute atomic E-state index is 13.2. The Bertz CT molecular complexity index is 1070. The van der Waals surface area contributed by atoms with Gasteiger partial charge in [-0.2, -0.15) is 13.2 Å². The molecule has 1 aliphatic heterocycles. The summed E-state index contributed by atoms with van der Waals surface area (Å²) in [5.41, 5.74) is 2.52. The molecule has 2 atom stereocenters. The molecule has 202 valence electrons. The number of amides is 1. The second-order valence-corrected chi connectivity index (χ2v) is 10.7. The first-order valence-corrected chi connectivity index (χ1v) is 13.2. The summed E-state index contributed by atoms with van der Waals surface area (Å²) >= 11 is 0. The Balaban J connectivity index is 1.23. The molecule has 2 fully saturated rings. The summed E-state index contributed by atoms with van der Waals surface area (Å²) in [6.07, 6.45) is -1.24. The number of carbonyl (C=O) groups excluding carboxylic acids is 1. The van der Waals surface area contributed by atoms with Gasteiger partial charge in [0.15, 0.2) is 0 Å². The molecule has 1 aliphatic carbocycles. The number of nitrogens with zero attached hydrogens (tertiary/aromatic N) is 2. The molecule has 0 bridgehead atoms. The Kier molecular flexibility index (Phi) is 8.36. The van der Waals surface area contributed by atoms with Crippen molar-refractivity contribution in [2.24, 2.45) is 0 Å². The molecule has 1 N–H and O–H groups in total. The quantitative estimate of drug-likeness (QED) is 0.497. The van der Waals surface area contributed by atoms with E-state index in [9.17, 15) is 18.0 Å². The van der Waals surface area contributed by atoms with Gasteiger partial charge in [0, 0.05) is 42.6 Å². The number of piperazine rings is 1. The van der Waals surface area contributed by atoms with Crippen molar-refractivity contribution in [2.45, 2.75) is 83.8 Å². The molecule has 0 spiro atoms. The predicted molar refractivity (Wildman–Crippen MR) is 141 cm³/mol. The SMILES string of the molecule is Cc1ccc(N2C[C@H](C)N(C(=O)COC3CCC(Nc4ccc(C)c(C(F)(F)F)c4)CC3)C[C@H]2C)cc1. The zero-order chi connectivity index (χ0) is 26.7. The Morgan fingerprint density at radius 1 is 0.973 bits per heavy atom. The Morgan fingerprint density at radius 2 is 1.65 bits per heavy atom. The van der Waals surface area contributed by atoms with Crippen LogP contribution in [0.25, 0.3) is 0 Å². The first kappa shape index (κ1) is 27.3. The lowest BCUT2D eigenvalue weighted by Crippen LogP contribution is -2.59. The first-order valence-electron chi connectivity index (χ1n) is 13.2. The van der Waals surface area contributed by atoms with Gasteiger partial charge in [-0.3, -0.25) is 4.79 Å². The molecule has 1 amide bonds. The zero-order valence-electron chi connectivity index (χ0n) is 22.1. The third-order valence-electron chi connectivity index (χ3n) is 7.70. The highest BCUT2D eigenvalue weighted by atomic mass is 19.4. The summed E-state index contributed by atoms with van der Waals surface area (Å²) in [6, 6.07) is 13.3. The van der Waals surface area contributed by atoms with E-state index in [0.717, 1.165) is 32.2 Å². The molecule has 37 heavy (non-hydrogen) atoms. The highest BCUT2D eigenvalue weighted by Crippen LogP contribution is 2.34. The molecule has 5 nitrogen and oxygen atoms in total. The molecule has 4 rings (SSSR count). The average Bonchev–Trinajstić information content (AvgIpc) is 2.85. The molecule has 2 aromatic carbocycles. The van der Waals surface area contributed by atoms with E-state index in [1.165, 1.54) is 30.3 Å². The Labute approximate surface area is 218 Å². The van der Waals surface area contributed by atoms with Gasteiger partial charge >= 0.3 is 6.18 Å². The normalized spacial score (nSPS) is 24.7. The molecule has 2 aliphatic rings. The van der Waals surface area contributed by atoms with E-state index in [1.807, 2.05) is 4.90 Å². The van der Waals surface area contributed by atoms with Crippen LogP contribution in [0.15, 0.2) is 42.5 Å². The second kappa shape index (κ2) is 11.3. The summed E-state index contributed by atoms with van der Waals surface area (Å²) in [4.78, 5) is 17.3. The van der Waals surface area contributed by atoms with Crippen molar-refractivity contribution < 1.29 is 22.7 Å². The van der Waals surface area contributed by atoms with Crippen LogP contribution in [0.4, 0.5) is 24.5 Å². The fraction of sp³-hybridized carbons (Fsp3) is 0.552. The number of benzene rings is 2. The topological polar surface area (TPSA) is 44.8 Å². The minimum absolute atomic E-state index is 0.00710. The maximum Gasteiger partial charge on any atom is 0.416 e. The number of anilines is 2. The third-order valence-corrected chi connectivity index (χ3v) is 7.70. The number of hydrogen-bond donors (Lipinski definition) is 1. The van der Waals surface area contributed by atoms with Crippen molar-refractivity contribution in [3.05, 3.63) is 59.2 Å². The van der Waals surface area contributed by atoms with Gasteiger partial charge in [-0.1, -0.05) is 23.8 Å². The highest BCUT2D eigenvalue weighted by Gasteiger charge is 2.34. The second-order valence-electron chi connectivity index (χ2n) is 10.7. The van der Waals surface area contributed by atoms with Crippen molar-refractivity contribution in [3.8, 4) is 0 Å². The van der Waals surface area contributed by atoms with Gasteiger partial charge in [-0.15, -0.1) is 0 Å². The van der Waals surface area contributed by atoms with E-state index in [0.29, 0.717) is 12.2 Å². The summed E-state index contributed by atoms with van der Waals surface area (Å²) in [5.74, 6) is 0.0162. The lowest BCUT2D eigenvalue weighted by atomic mass is 9.92. The van der Waals surface area contributed by atoms with Crippen molar-refractivity contribution in [2.75, 3.05) is 29.9 Å². The fourth-order valence-electron chi connectivity index (χ4n) is 5.47. The van der Waals surface area contributed by atoms with Crippen LogP contribution in [0.5, 0.6) is 0 Å². The van der Waals surface area contributed by atoms with Crippen LogP contribution in [0.1, 0.15) is 56.2 Å². The smallest absolute Gasteiger partial charge is 0.382 e. The van der Waals surface area contributed by atoms with Gasteiger partial charge in [-0.05, 0) is 83.2 Å². The number of nitrogens with one attached hydrogen (secondary N) is 1. The number of carbonyl (C=O) groups is 1. The summed E-state index contributed by atoms with van der Waals surface area (Å²) in [5, 5.41) is 3.25. The molecule has 1 saturated carbocycles. The highest BCUT2D eigenvalue weighted by molar-refractivity contribution is 5.78. The lowest BCUT2D eigenvalue weighted by molar-refractivity contribution is -0.142. The van der Waals surface area contributed by atoms with E-state index in [1.54, 1.807) is 6.07 Å². The lowest BCUT2D eigenvalue weighted by Gasteiger charge is -2.45. The van der Waals surface area contributed by atoms with Crippen molar-refractivity contribution >= 4 is 17.3 Å². The van der Waals surface area contributed by atoms with Gasteiger partial charge in [0.05, 0.1) is 11.7 Å². The number of alkyl halides is 3. The van der Waals surface area contributed by atoms with Gasteiger partial charge in [-0.25, -0.2) is 0 Å². The first-order chi connectivity index (χ1) is 17.5. The van der Waals surface area contributed by atoms with Crippen molar-refractivity contribution in [1.29, 1.82) is 0 Å². The maximum atomic E-state index is 13.2. The largest absolute Gasteiger partial charge is 0.416 e. The number of rotatable bonds is 6. The minimum atomic E-state index is -4.36. The minimum Gasteiger partial charge on any atom is -0.382 e. The van der Waals surface area contributed by atoms with Crippen LogP contribution in [-0.2, 0) is 15.7 Å². The van der Waals surface area contributed by atoms with Gasteiger partial charge in [0.25, 0.3) is 0 Å². The van der Waals surface area contributed by atoms with E-state index in [2.05, 4.69) is 55.3 Å². The monoisotopic (exact) mass is 517 g/mol. The fourth-order valence-corrected chi connectivity index (χ4v) is 5.47. The van der Waals surface area contributed by atoms with E-state index in [4.69, 9.17) is 4.74 Å². The van der Waals surface area contributed by atoms with Crippen LogP contribution in [0.2, 0.25) is 0 Å². The van der Waals surface area contributed by atoms with Crippen molar-refractivity contribution in [1.82, 2.24) is 4.90 Å². The van der Waals surface area contributed by atoms with Crippen molar-refractivity contribution in [3.63, 3.8) is 0 Å². The molecule has 1 saturated heterocycles. The molecule has 2 aromatic rings. The molecule has 8 heteroatoms. The molecule has 0 radical (unpaired) electrons. The third kappa shape index (κ3) is 6.78. The van der Waals surface area contributed by atoms with Gasteiger partial charge in [0.2, 0.25) is 5.91 Å². The van der Waals surface area contributed by atoms with E-state index in [-0.39, 0.29) is 42.3 Å². The predicted octanol–water partition coefficient (Wildman–Crippen LogP) is 6.19. The Morgan fingerprint density at radius 3 is 2.30 bits per heavy atom. The molecule has 1 heterocycles. The zero-order valence-corrected chi connectivity index (χ0v) is 22.1. The van der Waals surface area contributed by atoms with Crippen LogP contribution in [0, 0.1) is 13.8 Å². The van der Waals surface area contributed by atoms with Crippen LogP contribution >= 0.6 is 0 Å². The summed E-state index contributed by atoms with van der Waals surface area (Å²) in [6.45, 7) is 9.28. The van der Waals surface area contributed by atoms with Crippen LogP contribution < -0.4 is 10.2 Å². The van der Waals surface area contributed by atoms with E-state index < -0.39 is 11.7 Å². The van der Waals surface area contributed by atoms with Gasteiger partial charge in [0.1, 0.15) is 6.61 Å². The molecular weight excluding hydrogens is 479 g/mol. The number of hydrogen-bond acceptors (Lipinski definition) is 4. The number of ether oxygens (including phenoxy) is 1. The molecular formula is C29H38F3N3O2. The molecule has 0 unspecified atom stereocenters. The van der Waals surface area contributed by atoms with E-state index >= 15 is 0 Å². The molecule has 0 aromatic heterocycles. The average molecular weight is 518 g/mol. The standard InChI is InChI=1S/C29H38F3N3O2/c1-19-5-11-25(12-6-19)34-16-22(4)35(17-21(34)3)28(36)18-37-26-13-9-23(10-14-26)33-24-8-7-20(2)27(15-24)29(30,31)32/h5-8,11-12,15,21-23,26,33H,9-10,13-14,16-18H2,1-4H3/t21-,22+,23?,26?/m1/s1. The van der Waals surface area contributed by atoms with Gasteiger partial charge < -0.3 is 19.9 Å². The Hall–Kier alpha value is -2.74. The number of halogens is 3. The van der Waals surface area contributed by atoms with Crippen LogP contribution in [-0.4, -0.2) is 54.7 Å². The summed E-state index contributed by atoms with van der Waals surface area (Å²) < 4.78 is 45.7. The number of aryl methyl sites for hydroxylation is 2. The van der Waals surface area contributed by atoms with Crippen LogP contribution in [0.3, 0.4) is 0 Å². The summed E-state index contributed by atoms with van der Waals surface area (Å²) in [7, 11) is 0.